The lowest BCUT2D eigenvalue weighted by Gasteiger charge is -2.18. The van der Waals surface area contributed by atoms with E-state index in [2.05, 4.69) is 67.8 Å². The van der Waals surface area contributed by atoms with Gasteiger partial charge in [0, 0.05) is 6.54 Å². The molecule has 0 fully saturated rings. The number of thiocarbonyl (C=S) groups is 1. The first kappa shape index (κ1) is 17.5. The van der Waals surface area contributed by atoms with E-state index in [1.807, 2.05) is 18.2 Å². The van der Waals surface area contributed by atoms with Crippen LogP contribution in [0.5, 0.6) is 0 Å². The van der Waals surface area contributed by atoms with E-state index < -0.39 is 0 Å². The van der Waals surface area contributed by atoms with Crippen LogP contribution in [0.1, 0.15) is 43.5 Å². The lowest BCUT2D eigenvalue weighted by atomic mass is 10.00. The summed E-state index contributed by atoms with van der Waals surface area (Å²) in [6.45, 7) is 7.37. The van der Waals surface area contributed by atoms with Gasteiger partial charge in [-0.15, -0.1) is 0 Å². The van der Waals surface area contributed by atoms with Gasteiger partial charge in [-0.2, -0.15) is 0 Å². The molecule has 0 saturated carbocycles. The average molecular weight is 327 g/mol. The summed E-state index contributed by atoms with van der Waals surface area (Å²) >= 11 is 5.39. The van der Waals surface area contributed by atoms with Gasteiger partial charge in [0.2, 0.25) is 0 Å². The molecular formula is C20H26N2S. The maximum Gasteiger partial charge on any atom is 0.167 e. The summed E-state index contributed by atoms with van der Waals surface area (Å²) in [7, 11) is 0. The predicted octanol–water partition coefficient (Wildman–Crippen LogP) is 4.61. The maximum absolute atomic E-state index is 5.39. The molecule has 2 aromatic carbocycles. The van der Waals surface area contributed by atoms with Crippen LogP contribution in [-0.4, -0.2) is 5.11 Å². The van der Waals surface area contributed by atoms with Crippen molar-refractivity contribution in [1.29, 1.82) is 0 Å². The summed E-state index contributed by atoms with van der Waals surface area (Å²) in [4.78, 5) is 0. The van der Waals surface area contributed by atoms with Crippen LogP contribution in [0.2, 0.25) is 0 Å². The second-order valence-corrected chi connectivity index (χ2v) is 6.78. The minimum atomic E-state index is 0.193. The molecule has 0 heterocycles. The van der Waals surface area contributed by atoms with Crippen LogP contribution >= 0.6 is 12.2 Å². The first-order valence-corrected chi connectivity index (χ1v) is 8.62. The Hall–Kier alpha value is -1.87. The third kappa shape index (κ3) is 6.03. The van der Waals surface area contributed by atoms with Gasteiger partial charge in [-0.1, -0.05) is 68.4 Å². The Morgan fingerprint density at radius 2 is 1.57 bits per heavy atom. The SMILES string of the molecule is CC(C)Cc1ccc([C@H](C)NC(=S)NCc2ccccc2)cc1. The Labute approximate surface area is 145 Å². The van der Waals surface area contributed by atoms with Crippen molar-refractivity contribution in [2.24, 2.45) is 5.92 Å². The molecule has 0 amide bonds. The van der Waals surface area contributed by atoms with Gasteiger partial charge >= 0.3 is 0 Å². The fraction of sp³-hybridized carbons (Fsp3) is 0.350. The van der Waals surface area contributed by atoms with Crippen molar-refractivity contribution in [1.82, 2.24) is 10.6 Å². The standard InChI is InChI=1S/C20H26N2S/c1-15(2)13-17-9-11-19(12-10-17)16(3)22-20(23)21-14-18-7-5-4-6-8-18/h4-12,15-16H,13-14H2,1-3H3,(H2,21,22,23)/t16-/m0/s1. The summed E-state index contributed by atoms with van der Waals surface area (Å²) in [5.74, 6) is 0.686. The molecule has 1 atom stereocenters. The molecule has 23 heavy (non-hydrogen) atoms. The first-order valence-electron chi connectivity index (χ1n) is 8.21. The van der Waals surface area contributed by atoms with Crippen LogP contribution in [-0.2, 0) is 13.0 Å². The lowest BCUT2D eigenvalue weighted by molar-refractivity contribution is 0.646. The highest BCUT2D eigenvalue weighted by molar-refractivity contribution is 7.80. The minimum absolute atomic E-state index is 0.193. The summed E-state index contributed by atoms with van der Waals surface area (Å²) in [5, 5.41) is 7.29. The molecule has 2 N–H and O–H groups in total. The zero-order valence-electron chi connectivity index (χ0n) is 14.2. The van der Waals surface area contributed by atoms with Crippen molar-refractivity contribution >= 4 is 17.3 Å². The molecule has 0 radical (unpaired) electrons. The highest BCUT2D eigenvalue weighted by Gasteiger charge is 2.07. The largest absolute Gasteiger partial charge is 0.359 e. The quantitative estimate of drug-likeness (QED) is 0.758. The second kappa shape index (κ2) is 8.68. The van der Waals surface area contributed by atoms with Crippen molar-refractivity contribution in [2.75, 3.05) is 0 Å². The van der Waals surface area contributed by atoms with E-state index in [0.29, 0.717) is 11.0 Å². The van der Waals surface area contributed by atoms with Gasteiger partial charge in [-0.05, 0) is 48.2 Å². The molecule has 0 aromatic heterocycles. The molecule has 122 valence electrons. The van der Waals surface area contributed by atoms with E-state index in [-0.39, 0.29) is 6.04 Å². The molecule has 0 aliphatic rings. The molecule has 3 heteroatoms. The van der Waals surface area contributed by atoms with Crippen molar-refractivity contribution in [3.05, 3.63) is 71.3 Å². The fourth-order valence-electron chi connectivity index (χ4n) is 2.52. The van der Waals surface area contributed by atoms with Gasteiger partial charge < -0.3 is 10.6 Å². The second-order valence-electron chi connectivity index (χ2n) is 6.37. The highest BCUT2D eigenvalue weighted by atomic mass is 32.1. The van der Waals surface area contributed by atoms with Crippen LogP contribution < -0.4 is 10.6 Å². The first-order chi connectivity index (χ1) is 11.0. The molecule has 0 aliphatic carbocycles. The molecule has 2 aromatic rings. The number of benzene rings is 2. The molecule has 2 rings (SSSR count). The zero-order chi connectivity index (χ0) is 16.7. The van der Waals surface area contributed by atoms with Gasteiger partial charge in [0.15, 0.2) is 5.11 Å². The Morgan fingerprint density at radius 3 is 2.17 bits per heavy atom. The lowest BCUT2D eigenvalue weighted by Crippen LogP contribution is -2.36. The number of nitrogens with one attached hydrogen (secondary N) is 2. The van der Waals surface area contributed by atoms with Crippen LogP contribution in [0.3, 0.4) is 0 Å². The van der Waals surface area contributed by atoms with Crippen molar-refractivity contribution in [3.8, 4) is 0 Å². The van der Waals surface area contributed by atoms with Crippen molar-refractivity contribution in [2.45, 2.75) is 39.8 Å². The normalized spacial score (nSPS) is 12.0. The molecular weight excluding hydrogens is 300 g/mol. The Balaban J connectivity index is 1.83. The van der Waals surface area contributed by atoms with E-state index in [0.717, 1.165) is 13.0 Å². The molecule has 0 unspecified atom stereocenters. The van der Waals surface area contributed by atoms with Gasteiger partial charge in [-0.25, -0.2) is 0 Å². The smallest absolute Gasteiger partial charge is 0.167 e. The Kier molecular flexibility index (Phi) is 6.60. The monoisotopic (exact) mass is 326 g/mol. The van der Waals surface area contributed by atoms with Gasteiger partial charge in [0.1, 0.15) is 0 Å². The topological polar surface area (TPSA) is 24.1 Å². The van der Waals surface area contributed by atoms with Crippen LogP contribution in [0.15, 0.2) is 54.6 Å². The average Bonchev–Trinajstić information content (AvgIpc) is 2.54. The third-order valence-electron chi connectivity index (χ3n) is 3.77. The van der Waals surface area contributed by atoms with Crippen molar-refractivity contribution < 1.29 is 0 Å². The number of hydrogen-bond acceptors (Lipinski definition) is 1. The highest BCUT2D eigenvalue weighted by Crippen LogP contribution is 2.15. The molecule has 0 saturated heterocycles. The predicted molar refractivity (Wildman–Crippen MR) is 102 cm³/mol. The summed E-state index contributed by atoms with van der Waals surface area (Å²) in [5.41, 5.74) is 3.87. The van der Waals surface area contributed by atoms with Crippen LogP contribution in [0.4, 0.5) is 0 Å². The van der Waals surface area contributed by atoms with Gasteiger partial charge in [-0.3, -0.25) is 0 Å². The summed E-state index contributed by atoms with van der Waals surface area (Å²) in [6.07, 6.45) is 1.12. The molecule has 2 nitrogen and oxygen atoms in total. The van der Waals surface area contributed by atoms with Crippen LogP contribution in [0.25, 0.3) is 0 Å². The van der Waals surface area contributed by atoms with E-state index in [1.165, 1.54) is 16.7 Å². The molecule has 0 spiro atoms. The van der Waals surface area contributed by atoms with E-state index in [1.54, 1.807) is 0 Å². The summed E-state index contributed by atoms with van der Waals surface area (Å²) in [6, 6.07) is 19.3. The van der Waals surface area contributed by atoms with E-state index in [9.17, 15) is 0 Å². The third-order valence-corrected chi connectivity index (χ3v) is 4.03. The Morgan fingerprint density at radius 1 is 0.913 bits per heavy atom. The fourth-order valence-corrected chi connectivity index (χ4v) is 2.77. The maximum atomic E-state index is 5.39. The summed E-state index contributed by atoms with van der Waals surface area (Å²) < 4.78 is 0. The van der Waals surface area contributed by atoms with E-state index >= 15 is 0 Å². The number of hydrogen-bond donors (Lipinski definition) is 2. The minimum Gasteiger partial charge on any atom is -0.359 e. The van der Waals surface area contributed by atoms with Crippen LogP contribution in [0, 0.1) is 5.92 Å². The van der Waals surface area contributed by atoms with Gasteiger partial charge in [0.25, 0.3) is 0 Å². The van der Waals surface area contributed by atoms with Gasteiger partial charge in [0.05, 0.1) is 6.04 Å². The zero-order valence-corrected chi connectivity index (χ0v) is 15.0. The molecule has 0 aliphatic heterocycles. The Bertz CT molecular complexity index is 605. The van der Waals surface area contributed by atoms with E-state index in [4.69, 9.17) is 12.2 Å². The molecule has 0 bridgehead atoms. The number of rotatable bonds is 6. The van der Waals surface area contributed by atoms with Crippen molar-refractivity contribution in [3.63, 3.8) is 0 Å².